The van der Waals surface area contributed by atoms with Gasteiger partial charge in [-0.3, -0.25) is 0 Å². The number of rotatable bonds is 13. The van der Waals surface area contributed by atoms with E-state index in [0.717, 1.165) is 19.3 Å². The lowest BCUT2D eigenvalue weighted by Crippen LogP contribution is -1.83. The summed E-state index contributed by atoms with van der Waals surface area (Å²) in [6.07, 6.45) is 17.7. The Balaban J connectivity index is 3.05. The summed E-state index contributed by atoms with van der Waals surface area (Å²) < 4.78 is 0. The SMILES string of the molecule is CCCCCCCCCC#CCCCCCCCO. The smallest absolute Gasteiger partial charge is 0.0431 e. The van der Waals surface area contributed by atoms with E-state index in [9.17, 15) is 0 Å². The van der Waals surface area contributed by atoms with Crippen molar-refractivity contribution in [1.29, 1.82) is 0 Å². The van der Waals surface area contributed by atoms with Crippen LogP contribution in [0.15, 0.2) is 0 Å². The highest BCUT2D eigenvalue weighted by Gasteiger charge is 1.90. The van der Waals surface area contributed by atoms with Gasteiger partial charge in [0.15, 0.2) is 0 Å². The normalized spacial score (nSPS) is 10.2. The number of aliphatic hydroxyl groups excluding tert-OH is 1. The second kappa shape index (κ2) is 17.5. The average Bonchev–Trinajstić information content (AvgIpc) is 2.43. The lowest BCUT2D eigenvalue weighted by atomic mass is 10.1. The van der Waals surface area contributed by atoms with Crippen LogP contribution in [0.4, 0.5) is 0 Å². The molecule has 0 fully saturated rings. The van der Waals surface area contributed by atoms with Crippen molar-refractivity contribution in [2.75, 3.05) is 6.61 Å². The van der Waals surface area contributed by atoms with E-state index in [1.807, 2.05) is 0 Å². The summed E-state index contributed by atoms with van der Waals surface area (Å²) in [7, 11) is 0. The fourth-order valence-electron chi connectivity index (χ4n) is 2.20. The third-order valence-corrected chi connectivity index (χ3v) is 3.49. The maximum absolute atomic E-state index is 8.65. The Kier molecular flexibility index (Phi) is 17.1. The molecule has 1 N–H and O–H groups in total. The van der Waals surface area contributed by atoms with Crippen LogP contribution in [0.25, 0.3) is 0 Å². The molecule has 0 radical (unpaired) electrons. The number of unbranched alkanes of at least 4 members (excludes halogenated alkanes) is 12. The Labute approximate surface area is 121 Å². The van der Waals surface area contributed by atoms with Crippen LogP contribution in [-0.2, 0) is 0 Å². The molecule has 112 valence electrons. The molecule has 0 aliphatic rings. The zero-order valence-electron chi connectivity index (χ0n) is 13.1. The maximum Gasteiger partial charge on any atom is 0.0431 e. The van der Waals surface area contributed by atoms with Crippen molar-refractivity contribution in [1.82, 2.24) is 0 Å². The van der Waals surface area contributed by atoms with E-state index in [0.29, 0.717) is 6.61 Å². The molecule has 0 saturated carbocycles. The summed E-state index contributed by atoms with van der Waals surface area (Å²) in [5.41, 5.74) is 0. The van der Waals surface area contributed by atoms with Gasteiger partial charge in [-0.15, -0.1) is 11.8 Å². The molecular formula is C18H34O. The van der Waals surface area contributed by atoms with Crippen LogP contribution in [-0.4, -0.2) is 11.7 Å². The van der Waals surface area contributed by atoms with Gasteiger partial charge in [0, 0.05) is 19.4 Å². The van der Waals surface area contributed by atoms with Gasteiger partial charge in [-0.05, 0) is 19.3 Å². The Morgan fingerprint density at radius 3 is 1.47 bits per heavy atom. The Bertz CT molecular complexity index is 211. The van der Waals surface area contributed by atoms with Crippen molar-refractivity contribution in [2.45, 2.75) is 96.8 Å². The second-order valence-electron chi connectivity index (χ2n) is 5.47. The van der Waals surface area contributed by atoms with Crippen LogP contribution in [0, 0.1) is 11.8 Å². The van der Waals surface area contributed by atoms with Crippen LogP contribution >= 0.6 is 0 Å². The third kappa shape index (κ3) is 17.5. The predicted molar refractivity (Wildman–Crippen MR) is 85.2 cm³/mol. The van der Waals surface area contributed by atoms with Crippen LogP contribution in [0.2, 0.25) is 0 Å². The van der Waals surface area contributed by atoms with Crippen molar-refractivity contribution >= 4 is 0 Å². The number of aliphatic hydroxyl groups is 1. The second-order valence-corrected chi connectivity index (χ2v) is 5.47. The molecule has 1 heteroatoms. The minimum absolute atomic E-state index is 0.345. The highest BCUT2D eigenvalue weighted by Crippen LogP contribution is 2.08. The van der Waals surface area contributed by atoms with Gasteiger partial charge in [-0.1, -0.05) is 64.7 Å². The van der Waals surface area contributed by atoms with E-state index < -0.39 is 0 Å². The Morgan fingerprint density at radius 2 is 1.00 bits per heavy atom. The highest BCUT2D eigenvalue weighted by molar-refractivity contribution is 4.98. The van der Waals surface area contributed by atoms with Crippen molar-refractivity contribution in [3.05, 3.63) is 0 Å². The van der Waals surface area contributed by atoms with Gasteiger partial charge in [0.25, 0.3) is 0 Å². The molecule has 0 aromatic carbocycles. The van der Waals surface area contributed by atoms with Crippen LogP contribution in [0.1, 0.15) is 96.8 Å². The summed E-state index contributed by atoms with van der Waals surface area (Å²) in [4.78, 5) is 0. The average molecular weight is 266 g/mol. The minimum Gasteiger partial charge on any atom is -0.396 e. The van der Waals surface area contributed by atoms with Gasteiger partial charge >= 0.3 is 0 Å². The summed E-state index contributed by atoms with van der Waals surface area (Å²) in [5, 5.41) is 8.65. The number of hydrogen-bond acceptors (Lipinski definition) is 1. The first-order chi connectivity index (χ1) is 9.41. The molecule has 0 aromatic heterocycles. The molecule has 0 atom stereocenters. The van der Waals surface area contributed by atoms with E-state index >= 15 is 0 Å². The molecule has 0 saturated heterocycles. The molecule has 0 unspecified atom stereocenters. The van der Waals surface area contributed by atoms with E-state index in [4.69, 9.17) is 5.11 Å². The molecule has 0 rings (SSSR count). The van der Waals surface area contributed by atoms with E-state index in [-0.39, 0.29) is 0 Å². The van der Waals surface area contributed by atoms with Gasteiger partial charge in [0.05, 0.1) is 0 Å². The van der Waals surface area contributed by atoms with Crippen LogP contribution < -0.4 is 0 Å². The molecule has 0 spiro atoms. The van der Waals surface area contributed by atoms with Crippen LogP contribution in [0.5, 0.6) is 0 Å². The zero-order valence-corrected chi connectivity index (χ0v) is 13.1. The quantitative estimate of drug-likeness (QED) is 0.346. The van der Waals surface area contributed by atoms with Crippen molar-refractivity contribution < 1.29 is 5.11 Å². The van der Waals surface area contributed by atoms with Crippen molar-refractivity contribution in [3.63, 3.8) is 0 Å². The van der Waals surface area contributed by atoms with Gasteiger partial charge in [0.1, 0.15) is 0 Å². The fraction of sp³-hybridized carbons (Fsp3) is 0.889. The lowest BCUT2D eigenvalue weighted by Gasteiger charge is -1.98. The molecule has 19 heavy (non-hydrogen) atoms. The first kappa shape index (κ1) is 18.5. The molecule has 0 amide bonds. The van der Waals surface area contributed by atoms with Gasteiger partial charge in [-0.25, -0.2) is 0 Å². The lowest BCUT2D eigenvalue weighted by molar-refractivity contribution is 0.282. The Hall–Kier alpha value is -0.480. The maximum atomic E-state index is 8.65. The highest BCUT2D eigenvalue weighted by atomic mass is 16.2. The minimum atomic E-state index is 0.345. The molecule has 0 heterocycles. The molecule has 1 nitrogen and oxygen atoms in total. The number of hydrogen-bond donors (Lipinski definition) is 1. The van der Waals surface area contributed by atoms with Gasteiger partial charge in [-0.2, -0.15) is 0 Å². The Morgan fingerprint density at radius 1 is 0.579 bits per heavy atom. The predicted octanol–water partition coefficient (Wildman–Crippen LogP) is 5.46. The van der Waals surface area contributed by atoms with Gasteiger partial charge in [0.2, 0.25) is 0 Å². The van der Waals surface area contributed by atoms with Crippen molar-refractivity contribution in [2.24, 2.45) is 0 Å². The van der Waals surface area contributed by atoms with E-state index in [1.165, 1.54) is 70.6 Å². The molecule has 0 aliphatic heterocycles. The standard InChI is InChI=1S/C18H34O/c1-2-3-4-5-6-7-8-9-10-11-12-13-14-15-16-17-18-19/h19H,2-9,12-18H2,1H3. The van der Waals surface area contributed by atoms with Crippen LogP contribution in [0.3, 0.4) is 0 Å². The summed E-state index contributed by atoms with van der Waals surface area (Å²) in [6.45, 7) is 2.61. The summed E-state index contributed by atoms with van der Waals surface area (Å²) >= 11 is 0. The van der Waals surface area contributed by atoms with Crippen molar-refractivity contribution in [3.8, 4) is 11.8 Å². The first-order valence-corrected chi connectivity index (χ1v) is 8.48. The molecule has 0 aromatic rings. The zero-order chi connectivity index (χ0) is 14.0. The first-order valence-electron chi connectivity index (χ1n) is 8.48. The largest absolute Gasteiger partial charge is 0.396 e. The third-order valence-electron chi connectivity index (χ3n) is 3.49. The summed E-state index contributed by atoms with van der Waals surface area (Å²) in [6, 6.07) is 0. The monoisotopic (exact) mass is 266 g/mol. The molecular weight excluding hydrogens is 232 g/mol. The molecule has 0 bridgehead atoms. The summed E-state index contributed by atoms with van der Waals surface area (Å²) in [5.74, 6) is 6.59. The molecule has 0 aliphatic carbocycles. The van der Waals surface area contributed by atoms with Gasteiger partial charge < -0.3 is 5.11 Å². The van der Waals surface area contributed by atoms with E-state index in [2.05, 4.69) is 18.8 Å². The fourth-order valence-corrected chi connectivity index (χ4v) is 2.20. The topological polar surface area (TPSA) is 20.2 Å². The van der Waals surface area contributed by atoms with E-state index in [1.54, 1.807) is 0 Å².